The number of rotatable bonds is 8. The quantitative estimate of drug-likeness (QED) is 0.510. The van der Waals surface area contributed by atoms with Gasteiger partial charge >= 0.3 is 5.97 Å². The predicted molar refractivity (Wildman–Crippen MR) is 123 cm³/mol. The summed E-state index contributed by atoms with van der Waals surface area (Å²) in [6, 6.07) is 14.7. The molecule has 0 bridgehead atoms. The van der Waals surface area contributed by atoms with Crippen LogP contribution in [0.5, 0.6) is 11.5 Å². The second-order valence-corrected chi connectivity index (χ2v) is 8.41. The first-order valence-corrected chi connectivity index (χ1v) is 11.4. The van der Waals surface area contributed by atoms with Crippen molar-refractivity contribution in [2.24, 2.45) is 0 Å². The van der Waals surface area contributed by atoms with Gasteiger partial charge in [-0.05, 0) is 37.1 Å². The molecule has 1 fully saturated rings. The Bertz CT molecular complexity index is 1280. The van der Waals surface area contributed by atoms with Crippen molar-refractivity contribution in [3.8, 4) is 11.5 Å². The van der Waals surface area contributed by atoms with Crippen molar-refractivity contribution in [2.45, 2.75) is 37.8 Å². The van der Waals surface area contributed by atoms with E-state index in [2.05, 4.69) is 10.3 Å². The minimum atomic E-state index is -0.522. The molecular formula is C25H25N3O6. The lowest BCUT2D eigenvalue weighted by Gasteiger charge is -2.26. The Morgan fingerprint density at radius 2 is 1.85 bits per heavy atom. The van der Waals surface area contributed by atoms with Gasteiger partial charge in [0.2, 0.25) is 0 Å². The van der Waals surface area contributed by atoms with Crippen LogP contribution in [0.25, 0.3) is 10.9 Å². The Kier molecular flexibility index (Phi) is 6.16. The molecule has 1 N–H and O–H groups in total. The molecule has 9 nitrogen and oxygen atoms in total. The maximum Gasteiger partial charge on any atom is 0.306 e. The van der Waals surface area contributed by atoms with Gasteiger partial charge in [0.05, 0.1) is 23.9 Å². The normalized spacial score (nSPS) is 16.8. The zero-order chi connectivity index (χ0) is 23.5. The van der Waals surface area contributed by atoms with Crippen molar-refractivity contribution in [3.63, 3.8) is 0 Å². The highest BCUT2D eigenvalue weighted by molar-refractivity contribution is 5.80. The summed E-state index contributed by atoms with van der Waals surface area (Å²) in [7, 11) is 0. The first-order valence-electron chi connectivity index (χ1n) is 11.4. The van der Waals surface area contributed by atoms with Gasteiger partial charge in [-0.15, -0.1) is 0 Å². The molecule has 2 aliphatic rings. The molecule has 1 aliphatic heterocycles. The van der Waals surface area contributed by atoms with Crippen LogP contribution in [0, 0.1) is 0 Å². The van der Waals surface area contributed by atoms with Crippen molar-refractivity contribution in [1.82, 2.24) is 14.9 Å². The number of para-hydroxylation sites is 3. The summed E-state index contributed by atoms with van der Waals surface area (Å²) in [4.78, 5) is 41.9. The second kappa shape index (κ2) is 9.54. The van der Waals surface area contributed by atoms with Gasteiger partial charge in [-0.2, -0.15) is 0 Å². The van der Waals surface area contributed by atoms with E-state index in [-0.39, 0.29) is 43.7 Å². The van der Waals surface area contributed by atoms with Gasteiger partial charge in [-0.3, -0.25) is 19.0 Å². The number of nitrogens with zero attached hydrogens (tertiary/aromatic N) is 2. The van der Waals surface area contributed by atoms with Crippen molar-refractivity contribution in [1.29, 1.82) is 0 Å². The molecular weight excluding hydrogens is 438 g/mol. The maximum atomic E-state index is 12.9. The Labute approximate surface area is 195 Å². The highest BCUT2D eigenvalue weighted by Crippen LogP contribution is 2.35. The minimum absolute atomic E-state index is 0.0289. The third-order valence-electron chi connectivity index (χ3n) is 5.80. The zero-order valence-electron chi connectivity index (χ0n) is 18.6. The summed E-state index contributed by atoms with van der Waals surface area (Å²) >= 11 is 0. The number of ether oxygens (including phenoxy) is 3. The summed E-state index contributed by atoms with van der Waals surface area (Å²) in [6.07, 6.45) is 1.83. The number of fused-ring (bicyclic) bond motifs is 2. The highest BCUT2D eigenvalue weighted by Gasteiger charge is 2.28. The number of benzene rings is 2. The van der Waals surface area contributed by atoms with Crippen LogP contribution in [-0.4, -0.2) is 47.3 Å². The third kappa shape index (κ3) is 4.88. The van der Waals surface area contributed by atoms with E-state index < -0.39 is 11.9 Å². The van der Waals surface area contributed by atoms with Gasteiger partial charge in [0.1, 0.15) is 18.5 Å². The molecule has 0 saturated heterocycles. The minimum Gasteiger partial charge on any atom is -0.486 e. The van der Waals surface area contributed by atoms with E-state index in [1.165, 1.54) is 0 Å². The lowest BCUT2D eigenvalue weighted by molar-refractivity contribution is -0.148. The van der Waals surface area contributed by atoms with Gasteiger partial charge in [0.15, 0.2) is 18.1 Å². The summed E-state index contributed by atoms with van der Waals surface area (Å²) in [5.41, 5.74) is 0.538. The standard InChI is InChI=1S/C25H25N3O6/c29-23(26-13-17-14-32-20-7-3-4-8-21(20)34-17)15-33-24(30)12-11-22-27-19-6-2-1-5-18(19)25(31)28(22)16-9-10-16/h1-8,16-17H,9-15H2,(H,26,29). The molecule has 1 atom stereocenters. The van der Waals surface area contributed by atoms with Crippen LogP contribution in [0.2, 0.25) is 0 Å². The van der Waals surface area contributed by atoms with E-state index in [4.69, 9.17) is 14.2 Å². The molecule has 3 aromatic rings. The molecule has 176 valence electrons. The second-order valence-electron chi connectivity index (χ2n) is 8.41. The summed E-state index contributed by atoms with van der Waals surface area (Å²) in [5.74, 6) is 0.932. The van der Waals surface area contributed by atoms with E-state index in [9.17, 15) is 14.4 Å². The number of carbonyl (C=O) groups is 2. The number of aromatic nitrogens is 2. The molecule has 2 heterocycles. The number of hydrogen-bond acceptors (Lipinski definition) is 7. The number of hydrogen-bond donors (Lipinski definition) is 1. The van der Waals surface area contributed by atoms with Crippen LogP contribution in [0.3, 0.4) is 0 Å². The first-order chi connectivity index (χ1) is 16.6. The molecule has 5 rings (SSSR count). The maximum absolute atomic E-state index is 12.9. The van der Waals surface area contributed by atoms with Gasteiger partial charge in [-0.25, -0.2) is 4.98 Å². The Balaban J connectivity index is 1.10. The number of amides is 1. The van der Waals surface area contributed by atoms with Crippen LogP contribution >= 0.6 is 0 Å². The molecule has 1 saturated carbocycles. The van der Waals surface area contributed by atoms with E-state index in [1.54, 1.807) is 22.8 Å². The number of nitrogens with one attached hydrogen (secondary N) is 1. The van der Waals surface area contributed by atoms with Crippen molar-refractivity contribution < 1.29 is 23.8 Å². The molecule has 0 radical (unpaired) electrons. The smallest absolute Gasteiger partial charge is 0.306 e. The van der Waals surface area contributed by atoms with E-state index in [1.807, 2.05) is 30.3 Å². The molecule has 1 amide bonds. The monoisotopic (exact) mass is 463 g/mol. The fourth-order valence-corrected chi connectivity index (χ4v) is 3.95. The molecule has 1 aliphatic carbocycles. The summed E-state index contributed by atoms with van der Waals surface area (Å²) in [6.45, 7) is 0.168. The van der Waals surface area contributed by atoms with Gasteiger partial charge in [0.25, 0.3) is 11.5 Å². The first kappa shape index (κ1) is 21.9. The topological polar surface area (TPSA) is 109 Å². The summed E-state index contributed by atoms with van der Waals surface area (Å²) in [5, 5.41) is 3.27. The Morgan fingerprint density at radius 1 is 1.09 bits per heavy atom. The average molecular weight is 463 g/mol. The molecule has 1 unspecified atom stereocenters. The molecule has 9 heteroatoms. The number of esters is 1. The van der Waals surface area contributed by atoms with Gasteiger partial charge < -0.3 is 19.5 Å². The van der Waals surface area contributed by atoms with Crippen LogP contribution in [0.15, 0.2) is 53.3 Å². The van der Waals surface area contributed by atoms with Crippen molar-refractivity contribution in [3.05, 3.63) is 64.7 Å². The van der Waals surface area contributed by atoms with Gasteiger partial charge in [0, 0.05) is 12.5 Å². The molecule has 1 aromatic heterocycles. The largest absolute Gasteiger partial charge is 0.486 e. The fourth-order valence-electron chi connectivity index (χ4n) is 3.95. The number of aryl methyl sites for hydroxylation is 1. The Morgan fingerprint density at radius 3 is 2.68 bits per heavy atom. The third-order valence-corrected chi connectivity index (χ3v) is 5.80. The highest BCUT2D eigenvalue weighted by atomic mass is 16.6. The zero-order valence-corrected chi connectivity index (χ0v) is 18.6. The lowest BCUT2D eigenvalue weighted by atomic mass is 10.2. The number of carbonyl (C=O) groups excluding carboxylic acids is 2. The van der Waals surface area contributed by atoms with Crippen molar-refractivity contribution >= 4 is 22.8 Å². The SMILES string of the molecule is O=C(COC(=O)CCc1nc2ccccc2c(=O)n1C1CC1)NCC1COc2ccccc2O1. The summed E-state index contributed by atoms with van der Waals surface area (Å²) < 4.78 is 18.2. The van der Waals surface area contributed by atoms with Crippen LogP contribution in [0.4, 0.5) is 0 Å². The molecule has 34 heavy (non-hydrogen) atoms. The van der Waals surface area contributed by atoms with E-state index >= 15 is 0 Å². The van der Waals surface area contributed by atoms with E-state index in [0.717, 1.165) is 12.8 Å². The van der Waals surface area contributed by atoms with Crippen LogP contribution in [0.1, 0.15) is 31.1 Å². The van der Waals surface area contributed by atoms with Crippen molar-refractivity contribution in [2.75, 3.05) is 19.8 Å². The van der Waals surface area contributed by atoms with Crippen LogP contribution < -0.4 is 20.3 Å². The molecule has 2 aromatic carbocycles. The van der Waals surface area contributed by atoms with Crippen LogP contribution in [-0.2, 0) is 20.7 Å². The molecule has 0 spiro atoms. The van der Waals surface area contributed by atoms with Gasteiger partial charge in [-0.1, -0.05) is 24.3 Å². The lowest BCUT2D eigenvalue weighted by Crippen LogP contribution is -2.42. The Hall–Kier alpha value is -3.88. The fraction of sp³-hybridized carbons (Fsp3) is 0.360. The predicted octanol–water partition coefficient (Wildman–Crippen LogP) is 2.16. The van der Waals surface area contributed by atoms with E-state index in [0.29, 0.717) is 34.8 Å². The average Bonchev–Trinajstić information content (AvgIpc) is 3.70.